The number of piperazine rings is 1. The van der Waals surface area contributed by atoms with Crippen molar-refractivity contribution in [1.29, 1.82) is 0 Å². The van der Waals surface area contributed by atoms with Crippen LogP contribution in [0.3, 0.4) is 0 Å². The van der Waals surface area contributed by atoms with E-state index in [0.29, 0.717) is 49.3 Å². The molecule has 1 aromatic carbocycles. The van der Waals surface area contributed by atoms with Crippen LogP contribution in [0.25, 0.3) is 22.4 Å². The Hall–Kier alpha value is -3.26. The minimum atomic E-state index is -0.764. The molecule has 1 aliphatic heterocycles. The summed E-state index contributed by atoms with van der Waals surface area (Å²) in [6, 6.07) is 9.81. The van der Waals surface area contributed by atoms with Gasteiger partial charge in [-0.25, -0.2) is 9.37 Å². The van der Waals surface area contributed by atoms with Crippen LogP contribution >= 0.6 is 0 Å². The molecular weight excluding hydrogens is 485 g/mol. The van der Waals surface area contributed by atoms with Crippen LogP contribution in [0, 0.1) is 11.7 Å². The molecule has 2 fully saturated rings. The van der Waals surface area contributed by atoms with Gasteiger partial charge in [0.2, 0.25) is 5.91 Å². The molecule has 2 amide bonds. The molecule has 1 saturated carbocycles. The number of hydrogen-bond acceptors (Lipinski definition) is 5. The number of aromatic nitrogens is 1. The van der Waals surface area contributed by atoms with Gasteiger partial charge in [-0.3, -0.25) is 9.59 Å². The maximum atomic E-state index is 13.6. The molecule has 38 heavy (non-hydrogen) atoms. The first-order valence-electron chi connectivity index (χ1n) is 13.2. The van der Waals surface area contributed by atoms with Gasteiger partial charge in [-0.1, -0.05) is 20.8 Å². The predicted molar refractivity (Wildman–Crippen MR) is 143 cm³/mol. The van der Waals surface area contributed by atoms with E-state index in [1.807, 2.05) is 24.8 Å². The van der Waals surface area contributed by atoms with E-state index in [1.165, 1.54) is 12.1 Å². The lowest BCUT2D eigenvalue weighted by Crippen LogP contribution is -2.64. The zero-order valence-corrected chi connectivity index (χ0v) is 23.0. The van der Waals surface area contributed by atoms with Crippen LogP contribution in [0.15, 0.2) is 40.8 Å². The number of amides is 2. The average Bonchev–Trinajstić information content (AvgIpc) is 3.24. The minimum absolute atomic E-state index is 0.0460. The summed E-state index contributed by atoms with van der Waals surface area (Å²) in [5.74, 6) is -0.465. The van der Waals surface area contributed by atoms with Crippen LogP contribution in [0.2, 0.25) is 0 Å². The number of furan rings is 1. The standard InChI is InChI=1S/C30H36FN3O4/c1-28(2,3)21-13-22(18-7-9-20(31)10-8-18)32-23-14-24(38-25(21)23)27(36)33-11-12-34(29(4,5)17-33)26(35)19-15-30(6,37)16-19/h7-10,13-14,19,37H,11-12,15-17H2,1-6H3/t19-,30+. The van der Waals surface area contributed by atoms with E-state index in [1.54, 1.807) is 30.0 Å². The van der Waals surface area contributed by atoms with Crippen LogP contribution in [0.4, 0.5) is 4.39 Å². The quantitative estimate of drug-likeness (QED) is 0.515. The summed E-state index contributed by atoms with van der Waals surface area (Å²) in [6.07, 6.45) is 0.951. The van der Waals surface area contributed by atoms with Gasteiger partial charge in [-0.2, -0.15) is 0 Å². The normalized spacial score (nSPS) is 23.4. The van der Waals surface area contributed by atoms with Crippen molar-refractivity contribution in [3.63, 3.8) is 0 Å². The second-order valence-electron chi connectivity index (χ2n) is 12.8. The molecule has 1 aliphatic carbocycles. The van der Waals surface area contributed by atoms with Gasteiger partial charge < -0.3 is 19.3 Å². The summed E-state index contributed by atoms with van der Waals surface area (Å²) in [7, 11) is 0. The highest BCUT2D eigenvalue weighted by Crippen LogP contribution is 2.40. The van der Waals surface area contributed by atoms with Crippen molar-refractivity contribution in [2.24, 2.45) is 5.92 Å². The molecular formula is C30H36FN3O4. The van der Waals surface area contributed by atoms with E-state index in [0.717, 1.165) is 11.1 Å². The fourth-order valence-electron chi connectivity index (χ4n) is 5.74. The summed E-state index contributed by atoms with van der Waals surface area (Å²) in [5, 5.41) is 10.1. The highest BCUT2D eigenvalue weighted by Gasteiger charge is 2.48. The van der Waals surface area contributed by atoms with Crippen LogP contribution in [-0.2, 0) is 10.2 Å². The minimum Gasteiger partial charge on any atom is -0.449 e. The molecule has 7 nitrogen and oxygen atoms in total. The first-order chi connectivity index (χ1) is 17.6. The van der Waals surface area contributed by atoms with E-state index in [-0.39, 0.29) is 34.7 Å². The second-order valence-corrected chi connectivity index (χ2v) is 12.8. The molecule has 1 N–H and O–H groups in total. The van der Waals surface area contributed by atoms with Crippen molar-refractivity contribution >= 4 is 22.9 Å². The third-order valence-electron chi connectivity index (χ3n) is 7.81. The number of carbonyl (C=O) groups is 2. The fourth-order valence-corrected chi connectivity index (χ4v) is 5.74. The number of pyridine rings is 1. The van der Waals surface area contributed by atoms with Gasteiger partial charge in [0.25, 0.3) is 5.91 Å². The third-order valence-corrected chi connectivity index (χ3v) is 7.81. The van der Waals surface area contributed by atoms with Gasteiger partial charge in [-0.05, 0) is 69.4 Å². The third kappa shape index (κ3) is 4.82. The molecule has 2 aliphatic rings. The maximum absolute atomic E-state index is 13.6. The summed E-state index contributed by atoms with van der Waals surface area (Å²) in [4.78, 5) is 35.0. The lowest BCUT2D eigenvalue weighted by molar-refractivity contribution is -0.158. The zero-order valence-electron chi connectivity index (χ0n) is 23.0. The molecule has 5 rings (SSSR count). The van der Waals surface area contributed by atoms with Crippen LogP contribution in [0.5, 0.6) is 0 Å². The number of fused-ring (bicyclic) bond motifs is 1. The molecule has 1 saturated heterocycles. The van der Waals surface area contributed by atoms with E-state index in [9.17, 15) is 19.1 Å². The summed E-state index contributed by atoms with van der Waals surface area (Å²) < 4.78 is 19.7. The molecule has 0 unspecified atom stereocenters. The van der Waals surface area contributed by atoms with E-state index in [4.69, 9.17) is 9.40 Å². The smallest absolute Gasteiger partial charge is 0.289 e. The SMILES string of the molecule is CC(C)(C)c1cc(-c2ccc(F)cc2)nc2cc(C(=O)N3CCN(C(=O)[C@H]4C[C@@](C)(O)C4)C(C)(C)C3)oc12. The van der Waals surface area contributed by atoms with Crippen molar-refractivity contribution in [1.82, 2.24) is 14.8 Å². The average molecular weight is 522 g/mol. The Kier molecular flexibility index (Phi) is 6.17. The molecule has 8 heteroatoms. The van der Waals surface area contributed by atoms with Gasteiger partial charge in [0.15, 0.2) is 11.3 Å². The predicted octanol–water partition coefficient (Wildman–Crippen LogP) is 5.16. The van der Waals surface area contributed by atoms with Crippen molar-refractivity contribution in [2.75, 3.05) is 19.6 Å². The first-order valence-corrected chi connectivity index (χ1v) is 13.2. The number of halogens is 1. The molecule has 0 spiro atoms. The fraction of sp³-hybridized carbons (Fsp3) is 0.500. The monoisotopic (exact) mass is 521 g/mol. The molecule has 0 atom stereocenters. The van der Waals surface area contributed by atoms with E-state index >= 15 is 0 Å². The number of hydrogen-bond donors (Lipinski definition) is 1. The molecule has 3 aromatic rings. The van der Waals surface area contributed by atoms with Gasteiger partial charge >= 0.3 is 0 Å². The van der Waals surface area contributed by atoms with E-state index in [2.05, 4.69) is 20.8 Å². The number of rotatable bonds is 3. The Balaban J connectivity index is 1.41. The van der Waals surface area contributed by atoms with Gasteiger partial charge in [0.1, 0.15) is 11.3 Å². The Morgan fingerprint density at radius 2 is 1.74 bits per heavy atom. The van der Waals surface area contributed by atoms with E-state index < -0.39 is 11.1 Å². The van der Waals surface area contributed by atoms with Crippen LogP contribution in [0.1, 0.15) is 70.5 Å². The molecule has 0 radical (unpaired) electrons. The summed E-state index contributed by atoms with van der Waals surface area (Å²) >= 11 is 0. The number of carbonyl (C=O) groups excluding carboxylic acids is 2. The topological polar surface area (TPSA) is 86.9 Å². The van der Waals surface area contributed by atoms with Crippen molar-refractivity contribution in [3.05, 3.63) is 53.5 Å². The second kappa shape index (κ2) is 8.90. The summed E-state index contributed by atoms with van der Waals surface area (Å²) in [6.45, 7) is 13.1. The highest BCUT2D eigenvalue weighted by molar-refractivity contribution is 5.96. The zero-order chi connectivity index (χ0) is 27.6. The lowest BCUT2D eigenvalue weighted by Gasteiger charge is -2.50. The summed E-state index contributed by atoms with van der Waals surface area (Å²) in [5.41, 5.74) is 1.92. The van der Waals surface area contributed by atoms with Crippen molar-refractivity contribution < 1.29 is 23.5 Å². The van der Waals surface area contributed by atoms with Gasteiger partial charge in [0.05, 0.1) is 16.8 Å². The lowest BCUT2D eigenvalue weighted by atomic mass is 9.71. The maximum Gasteiger partial charge on any atom is 0.289 e. The number of aliphatic hydroxyl groups is 1. The van der Waals surface area contributed by atoms with Gasteiger partial charge in [0, 0.05) is 42.7 Å². The Labute approximate surface area is 222 Å². The number of benzene rings is 1. The number of nitrogens with zero attached hydrogens (tertiary/aromatic N) is 3. The molecule has 2 aromatic heterocycles. The largest absolute Gasteiger partial charge is 0.449 e. The van der Waals surface area contributed by atoms with Gasteiger partial charge in [-0.15, -0.1) is 0 Å². The van der Waals surface area contributed by atoms with Crippen LogP contribution in [-0.4, -0.2) is 62.5 Å². The van der Waals surface area contributed by atoms with Crippen molar-refractivity contribution in [2.45, 2.75) is 70.9 Å². The van der Waals surface area contributed by atoms with Crippen LogP contribution < -0.4 is 0 Å². The molecule has 0 bridgehead atoms. The molecule has 3 heterocycles. The van der Waals surface area contributed by atoms with Crippen molar-refractivity contribution in [3.8, 4) is 11.3 Å². The Morgan fingerprint density at radius 1 is 1.08 bits per heavy atom. The Morgan fingerprint density at radius 3 is 2.32 bits per heavy atom. The first kappa shape index (κ1) is 26.4. The highest BCUT2D eigenvalue weighted by atomic mass is 19.1. The molecule has 202 valence electrons. The Bertz CT molecular complexity index is 1390.